The first-order valence-electron chi connectivity index (χ1n) is 3.97. The maximum Gasteiger partial charge on any atom is 0.304 e. The highest BCUT2D eigenvalue weighted by Gasteiger charge is 2.20. The van der Waals surface area contributed by atoms with Crippen LogP contribution in [0.1, 0.15) is 21.0 Å². The van der Waals surface area contributed by atoms with E-state index in [-0.39, 0.29) is 12.2 Å². The van der Waals surface area contributed by atoms with E-state index in [9.17, 15) is 9.59 Å². The van der Waals surface area contributed by atoms with Crippen LogP contribution in [0.2, 0.25) is 0 Å². The largest absolute Gasteiger partial charge is 0.481 e. The van der Waals surface area contributed by atoms with Gasteiger partial charge in [0.25, 0.3) is 0 Å². The predicted molar refractivity (Wildman–Crippen MR) is 58.4 cm³/mol. The van der Waals surface area contributed by atoms with Crippen molar-refractivity contribution in [1.82, 2.24) is 0 Å². The first kappa shape index (κ1) is 11.4. The number of aryl methyl sites for hydroxylation is 1. The van der Waals surface area contributed by atoms with Gasteiger partial charge in [-0.05, 0) is 19.1 Å². The molecule has 0 saturated heterocycles. The van der Waals surface area contributed by atoms with Crippen LogP contribution in [-0.2, 0) is 4.79 Å². The van der Waals surface area contributed by atoms with Gasteiger partial charge in [0, 0.05) is 4.88 Å². The fraction of sp³-hybridized carbons (Fsp3) is 0.333. The van der Waals surface area contributed by atoms with Crippen LogP contribution in [0.4, 0.5) is 0 Å². The van der Waals surface area contributed by atoms with Gasteiger partial charge in [0.2, 0.25) is 0 Å². The zero-order chi connectivity index (χ0) is 10.7. The number of carbonyl (C=O) groups is 2. The fourth-order valence-electron chi connectivity index (χ4n) is 0.967. The lowest BCUT2D eigenvalue weighted by Crippen LogP contribution is -2.17. The van der Waals surface area contributed by atoms with Crippen LogP contribution >= 0.6 is 27.3 Å². The Balaban J connectivity index is 2.70. The van der Waals surface area contributed by atoms with Crippen LogP contribution in [-0.4, -0.2) is 21.7 Å². The molecule has 0 amide bonds. The second-order valence-corrected chi connectivity index (χ2v) is 5.23. The zero-order valence-electron chi connectivity index (χ0n) is 7.49. The molecule has 1 heterocycles. The molecule has 1 aromatic rings. The van der Waals surface area contributed by atoms with Crippen LogP contribution < -0.4 is 0 Å². The van der Waals surface area contributed by atoms with Crippen LogP contribution in [0.25, 0.3) is 0 Å². The number of halogens is 1. The molecular weight excluding hydrogens is 268 g/mol. The van der Waals surface area contributed by atoms with E-state index in [0.29, 0.717) is 4.88 Å². The van der Waals surface area contributed by atoms with Crippen molar-refractivity contribution in [3.05, 3.63) is 21.9 Å². The Hall–Kier alpha value is -0.680. The molecule has 76 valence electrons. The van der Waals surface area contributed by atoms with Crippen LogP contribution in [0, 0.1) is 6.92 Å². The fourth-order valence-corrected chi connectivity index (χ4v) is 2.50. The van der Waals surface area contributed by atoms with Crippen molar-refractivity contribution in [2.24, 2.45) is 0 Å². The summed E-state index contributed by atoms with van der Waals surface area (Å²) in [7, 11) is 0. The first-order valence-corrected chi connectivity index (χ1v) is 5.70. The van der Waals surface area contributed by atoms with Crippen molar-refractivity contribution in [2.75, 3.05) is 0 Å². The Morgan fingerprint density at radius 2 is 2.21 bits per heavy atom. The standard InChI is InChI=1S/C9H9BrO3S/c1-5-2-3-7(14-5)9(13)6(10)4-8(11)12/h2-3,6H,4H2,1H3,(H,11,12). The lowest BCUT2D eigenvalue weighted by molar-refractivity contribution is -0.136. The van der Waals surface area contributed by atoms with Crippen LogP contribution in [0.15, 0.2) is 12.1 Å². The second kappa shape index (κ2) is 4.70. The molecule has 0 aliphatic carbocycles. The number of Topliss-reactive ketones (excluding diaryl/α,β-unsaturated/α-hetero) is 1. The monoisotopic (exact) mass is 276 g/mol. The normalized spacial score (nSPS) is 12.4. The minimum absolute atomic E-state index is 0.162. The van der Waals surface area contributed by atoms with E-state index in [2.05, 4.69) is 15.9 Å². The Morgan fingerprint density at radius 1 is 1.57 bits per heavy atom. The van der Waals surface area contributed by atoms with Gasteiger partial charge < -0.3 is 5.11 Å². The maximum absolute atomic E-state index is 11.6. The minimum atomic E-state index is -0.978. The number of carbonyl (C=O) groups excluding carboxylic acids is 1. The van der Waals surface area contributed by atoms with E-state index < -0.39 is 10.8 Å². The van der Waals surface area contributed by atoms with Gasteiger partial charge >= 0.3 is 5.97 Å². The van der Waals surface area contributed by atoms with Gasteiger partial charge in [0.15, 0.2) is 5.78 Å². The third-order valence-electron chi connectivity index (χ3n) is 1.62. The molecule has 0 aliphatic rings. The molecule has 3 nitrogen and oxygen atoms in total. The quantitative estimate of drug-likeness (QED) is 0.679. The summed E-state index contributed by atoms with van der Waals surface area (Å²) >= 11 is 4.44. The topological polar surface area (TPSA) is 54.4 Å². The van der Waals surface area contributed by atoms with Crippen molar-refractivity contribution in [3.63, 3.8) is 0 Å². The Kier molecular flexibility index (Phi) is 3.83. The van der Waals surface area contributed by atoms with Gasteiger partial charge in [-0.3, -0.25) is 9.59 Å². The molecule has 0 bridgehead atoms. The molecule has 1 rings (SSSR count). The van der Waals surface area contributed by atoms with Gasteiger partial charge in [-0.15, -0.1) is 11.3 Å². The lowest BCUT2D eigenvalue weighted by atomic mass is 10.2. The van der Waals surface area contributed by atoms with Gasteiger partial charge in [0.05, 0.1) is 16.1 Å². The predicted octanol–water partition coefficient (Wildman–Crippen LogP) is 2.48. The summed E-state index contributed by atoms with van der Waals surface area (Å²) in [6.45, 7) is 1.90. The van der Waals surface area contributed by atoms with Crippen LogP contribution in [0.5, 0.6) is 0 Å². The molecule has 1 N–H and O–H groups in total. The molecule has 1 unspecified atom stereocenters. The maximum atomic E-state index is 11.6. The van der Waals surface area contributed by atoms with Crippen LogP contribution in [0.3, 0.4) is 0 Å². The highest BCUT2D eigenvalue weighted by atomic mass is 79.9. The average molecular weight is 277 g/mol. The molecule has 0 aliphatic heterocycles. The second-order valence-electron chi connectivity index (χ2n) is 2.84. The van der Waals surface area contributed by atoms with Gasteiger partial charge in [-0.25, -0.2) is 0 Å². The van der Waals surface area contributed by atoms with E-state index >= 15 is 0 Å². The molecular formula is C9H9BrO3S. The molecule has 0 radical (unpaired) electrons. The van der Waals surface area contributed by atoms with E-state index in [1.165, 1.54) is 11.3 Å². The summed E-state index contributed by atoms with van der Waals surface area (Å²) in [5.74, 6) is -1.14. The molecule has 0 saturated carbocycles. The Morgan fingerprint density at radius 3 is 2.64 bits per heavy atom. The summed E-state index contributed by atoms with van der Waals surface area (Å²) in [5.41, 5.74) is 0. The van der Waals surface area contributed by atoms with E-state index in [1.54, 1.807) is 6.07 Å². The van der Waals surface area contributed by atoms with Crippen molar-refractivity contribution >= 4 is 39.0 Å². The summed E-state index contributed by atoms with van der Waals surface area (Å²) in [6, 6.07) is 3.57. The number of alkyl halides is 1. The first-order chi connectivity index (χ1) is 6.50. The molecule has 1 aromatic heterocycles. The lowest BCUT2D eigenvalue weighted by Gasteiger charge is -2.02. The highest BCUT2D eigenvalue weighted by Crippen LogP contribution is 2.20. The SMILES string of the molecule is Cc1ccc(C(=O)C(Br)CC(=O)O)s1. The zero-order valence-corrected chi connectivity index (χ0v) is 9.89. The van der Waals surface area contributed by atoms with Gasteiger partial charge in [-0.1, -0.05) is 15.9 Å². The van der Waals surface area contributed by atoms with E-state index in [4.69, 9.17) is 5.11 Å². The summed E-state index contributed by atoms with van der Waals surface area (Å²) in [6.07, 6.45) is -0.185. The van der Waals surface area contributed by atoms with Crippen molar-refractivity contribution in [3.8, 4) is 0 Å². The molecule has 5 heteroatoms. The number of ketones is 1. The minimum Gasteiger partial charge on any atom is -0.481 e. The Bertz CT molecular complexity index is 359. The third-order valence-corrected chi connectivity index (χ3v) is 3.38. The number of hydrogen-bond donors (Lipinski definition) is 1. The van der Waals surface area contributed by atoms with E-state index in [1.807, 2.05) is 13.0 Å². The summed E-state index contributed by atoms with van der Waals surface area (Å²) < 4.78 is 0. The Labute approximate surface area is 93.9 Å². The van der Waals surface area contributed by atoms with Gasteiger partial charge in [0.1, 0.15) is 0 Å². The number of aliphatic carboxylic acids is 1. The van der Waals surface area contributed by atoms with Crippen molar-refractivity contribution < 1.29 is 14.7 Å². The number of rotatable bonds is 4. The van der Waals surface area contributed by atoms with Gasteiger partial charge in [-0.2, -0.15) is 0 Å². The average Bonchev–Trinajstić information content (AvgIpc) is 2.49. The number of hydrogen-bond acceptors (Lipinski definition) is 3. The summed E-state index contributed by atoms with van der Waals surface area (Å²) in [4.78, 5) is 23.0. The summed E-state index contributed by atoms with van der Waals surface area (Å²) in [5, 5.41) is 8.51. The molecule has 14 heavy (non-hydrogen) atoms. The van der Waals surface area contributed by atoms with Crippen molar-refractivity contribution in [1.29, 1.82) is 0 Å². The third kappa shape index (κ3) is 2.92. The molecule has 1 atom stereocenters. The molecule has 0 fully saturated rings. The number of carboxylic acids is 1. The highest BCUT2D eigenvalue weighted by molar-refractivity contribution is 9.10. The number of carboxylic acid groups (broad SMARTS) is 1. The van der Waals surface area contributed by atoms with Crippen molar-refractivity contribution in [2.45, 2.75) is 18.2 Å². The molecule has 0 aromatic carbocycles. The van der Waals surface area contributed by atoms with E-state index in [0.717, 1.165) is 4.88 Å². The number of thiophene rings is 1. The smallest absolute Gasteiger partial charge is 0.304 e. The molecule has 0 spiro atoms.